The minimum Gasteiger partial charge on any atom is -0.481 e. The minimum atomic E-state index is -1.74. The van der Waals surface area contributed by atoms with Crippen LogP contribution in [0.3, 0.4) is 0 Å². The molecule has 0 fully saturated rings. The summed E-state index contributed by atoms with van der Waals surface area (Å²) in [5, 5.41) is 53.6. The van der Waals surface area contributed by atoms with Gasteiger partial charge in [-0.25, -0.2) is 0 Å². The van der Waals surface area contributed by atoms with Gasteiger partial charge in [0.25, 0.3) is 0 Å². The number of nitrogens with two attached hydrogens (primary N) is 2. The van der Waals surface area contributed by atoms with E-state index in [2.05, 4.69) is 37.2 Å². The van der Waals surface area contributed by atoms with Crippen molar-refractivity contribution in [2.75, 3.05) is 19.7 Å². The van der Waals surface area contributed by atoms with Gasteiger partial charge in [-0.05, 0) is 32.6 Å². The third-order valence-electron chi connectivity index (χ3n) is 7.64. The number of rotatable bonds is 25. The molecule has 8 atom stereocenters. The summed E-state index contributed by atoms with van der Waals surface area (Å²) in [6.07, 6.45) is -3.45. The van der Waals surface area contributed by atoms with Gasteiger partial charge in [-0.3, -0.25) is 47.9 Å². The number of nitrogens with one attached hydrogen (secondary N) is 7. The fourth-order valence-corrected chi connectivity index (χ4v) is 4.32. The molecular weight excluding hydrogens is 710 g/mol. The first kappa shape index (κ1) is 47.6. The van der Waals surface area contributed by atoms with Gasteiger partial charge in [-0.1, -0.05) is 20.3 Å². The first-order valence-corrected chi connectivity index (χ1v) is 16.5. The molecular formula is C30H51N9O14. The second-order valence-corrected chi connectivity index (χ2v) is 12.0. The van der Waals surface area contributed by atoms with Crippen LogP contribution in [0.25, 0.3) is 0 Å². The van der Waals surface area contributed by atoms with Crippen LogP contribution in [0.1, 0.15) is 59.8 Å². The van der Waals surface area contributed by atoms with Crippen molar-refractivity contribution in [3.8, 4) is 0 Å². The lowest BCUT2D eigenvalue weighted by Gasteiger charge is -2.29. The molecule has 53 heavy (non-hydrogen) atoms. The fraction of sp³-hybridized carbons (Fsp3) is 0.667. The molecule has 0 heterocycles. The van der Waals surface area contributed by atoms with Gasteiger partial charge in [0.15, 0.2) is 0 Å². The fourth-order valence-electron chi connectivity index (χ4n) is 4.32. The van der Waals surface area contributed by atoms with Gasteiger partial charge in [0.1, 0.15) is 36.3 Å². The Hall–Kier alpha value is -5.42. The van der Waals surface area contributed by atoms with Crippen LogP contribution in [0, 0.1) is 5.92 Å². The highest BCUT2D eigenvalue weighted by Gasteiger charge is 2.35. The van der Waals surface area contributed by atoms with Crippen LogP contribution in [-0.4, -0.2) is 142 Å². The Balaban J connectivity index is 6.10. The molecule has 23 nitrogen and oxygen atoms in total. The van der Waals surface area contributed by atoms with Crippen LogP contribution >= 0.6 is 0 Å². The summed E-state index contributed by atoms with van der Waals surface area (Å²) in [6.45, 7) is 3.44. The molecule has 0 aromatic carbocycles. The maximum atomic E-state index is 13.4. The minimum absolute atomic E-state index is 0.408. The lowest BCUT2D eigenvalue weighted by molar-refractivity contribution is -0.141. The number of hydrogen-bond donors (Lipinski definition) is 13. The van der Waals surface area contributed by atoms with Gasteiger partial charge >= 0.3 is 11.9 Å². The van der Waals surface area contributed by atoms with Gasteiger partial charge in [0.05, 0.1) is 25.8 Å². The largest absolute Gasteiger partial charge is 0.481 e. The smallest absolute Gasteiger partial charge is 0.325 e. The van der Waals surface area contributed by atoms with Gasteiger partial charge < -0.3 is 69.1 Å². The molecule has 0 aliphatic heterocycles. The molecule has 0 aromatic heterocycles. The Kier molecular flexibility index (Phi) is 21.5. The Morgan fingerprint density at radius 2 is 1.15 bits per heavy atom. The Morgan fingerprint density at radius 3 is 1.60 bits per heavy atom. The van der Waals surface area contributed by atoms with Crippen molar-refractivity contribution in [2.24, 2.45) is 17.4 Å². The molecule has 23 heteroatoms. The number of primary amides is 1. The Labute approximate surface area is 304 Å². The summed E-state index contributed by atoms with van der Waals surface area (Å²) in [6, 6.07) is -9.35. The quantitative estimate of drug-likeness (QED) is 0.0411. The van der Waals surface area contributed by atoms with Crippen molar-refractivity contribution >= 4 is 59.2 Å². The molecule has 0 radical (unpaired) electrons. The zero-order chi connectivity index (χ0) is 41.0. The zero-order valence-electron chi connectivity index (χ0n) is 29.8. The van der Waals surface area contributed by atoms with E-state index in [1.807, 2.05) is 0 Å². The predicted molar refractivity (Wildman–Crippen MR) is 180 cm³/mol. The third kappa shape index (κ3) is 18.1. The highest BCUT2D eigenvalue weighted by Crippen LogP contribution is 2.10. The molecule has 15 N–H and O–H groups in total. The number of aliphatic hydroxyl groups is 2. The number of carboxylic acid groups (broad SMARTS) is 2. The molecule has 8 unspecified atom stereocenters. The second-order valence-electron chi connectivity index (χ2n) is 12.0. The molecule has 300 valence electrons. The summed E-state index contributed by atoms with van der Waals surface area (Å²) >= 11 is 0. The average Bonchev–Trinajstić information content (AvgIpc) is 3.09. The number of carboxylic acids is 2. The number of aliphatic hydroxyl groups excluding tert-OH is 2. The summed E-state index contributed by atoms with van der Waals surface area (Å²) in [5.74, 6) is -11.2. The number of hydrogen-bond acceptors (Lipinski definition) is 13. The summed E-state index contributed by atoms with van der Waals surface area (Å²) in [5.41, 5.74) is 10.5. The van der Waals surface area contributed by atoms with E-state index < -0.39 is 153 Å². The normalized spacial score (nSPS) is 15.3. The number of carbonyl (C=O) groups is 10. The van der Waals surface area contributed by atoms with Crippen LogP contribution in [0.2, 0.25) is 0 Å². The van der Waals surface area contributed by atoms with Gasteiger partial charge in [0.2, 0.25) is 47.3 Å². The third-order valence-corrected chi connectivity index (χ3v) is 7.64. The predicted octanol–water partition coefficient (Wildman–Crippen LogP) is -6.38. The second kappa shape index (κ2) is 23.9. The van der Waals surface area contributed by atoms with Crippen molar-refractivity contribution in [1.82, 2.24) is 37.2 Å². The van der Waals surface area contributed by atoms with Crippen molar-refractivity contribution in [1.29, 1.82) is 0 Å². The highest BCUT2D eigenvalue weighted by molar-refractivity contribution is 5.97. The van der Waals surface area contributed by atoms with E-state index in [4.69, 9.17) is 16.6 Å². The van der Waals surface area contributed by atoms with E-state index in [0.717, 1.165) is 13.8 Å². The van der Waals surface area contributed by atoms with E-state index >= 15 is 0 Å². The monoisotopic (exact) mass is 761 g/mol. The summed E-state index contributed by atoms with van der Waals surface area (Å²) < 4.78 is 0. The first-order chi connectivity index (χ1) is 24.7. The topological polar surface area (TPSA) is 388 Å². The standard InChI is InChI=1S/C30H51N9O14/c1-5-13(2)23(38-20(43)10-31)28(50)39-24(15(4)41)29(51)36-17(7-9-22(45)46)26(48)35-16(6-8-19(32)42)27(49)37-18(12-40)25(47)33-11-21(44)34-14(3)30(52)53/h13-18,23-24,40-41H,5-12,31H2,1-4H3,(H2,32,42)(H,33,47)(H,34,44)(H,35,48)(H,36,51)(H,37,49)(H,38,43)(H,39,50)(H,45,46)(H,52,53). The van der Waals surface area contributed by atoms with E-state index in [-0.39, 0.29) is 0 Å². The average molecular weight is 762 g/mol. The summed E-state index contributed by atoms with van der Waals surface area (Å²) in [4.78, 5) is 123. The van der Waals surface area contributed by atoms with Gasteiger partial charge in [-0.15, -0.1) is 0 Å². The van der Waals surface area contributed by atoms with Crippen LogP contribution in [-0.2, 0) is 47.9 Å². The molecule has 0 rings (SSSR count). The maximum Gasteiger partial charge on any atom is 0.325 e. The molecule has 0 saturated heterocycles. The van der Waals surface area contributed by atoms with Crippen molar-refractivity contribution in [3.63, 3.8) is 0 Å². The van der Waals surface area contributed by atoms with Crippen molar-refractivity contribution in [3.05, 3.63) is 0 Å². The molecule has 0 bridgehead atoms. The van der Waals surface area contributed by atoms with Crippen LogP contribution in [0.15, 0.2) is 0 Å². The van der Waals surface area contributed by atoms with E-state index in [1.54, 1.807) is 13.8 Å². The molecule has 0 aliphatic carbocycles. The van der Waals surface area contributed by atoms with Crippen LogP contribution in [0.4, 0.5) is 0 Å². The molecule has 8 amide bonds. The highest BCUT2D eigenvalue weighted by atomic mass is 16.4. The van der Waals surface area contributed by atoms with E-state index in [9.17, 15) is 63.3 Å². The first-order valence-electron chi connectivity index (χ1n) is 16.5. The molecule has 0 spiro atoms. The van der Waals surface area contributed by atoms with Crippen molar-refractivity contribution in [2.45, 2.75) is 102 Å². The number of aliphatic carboxylic acids is 2. The SMILES string of the molecule is CCC(C)C(NC(=O)CN)C(=O)NC(C(=O)NC(CCC(=O)O)C(=O)NC(CCC(N)=O)C(=O)NC(CO)C(=O)NCC(=O)NC(C)C(=O)O)C(C)O. The summed E-state index contributed by atoms with van der Waals surface area (Å²) in [7, 11) is 0. The lowest BCUT2D eigenvalue weighted by atomic mass is 9.97. The van der Waals surface area contributed by atoms with Crippen molar-refractivity contribution < 1.29 is 68.4 Å². The van der Waals surface area contributed by atoms with E-state index in [1.165, 1.54) is 0 Å². The van der Waals surface area contributed by atoms with Gasteiger partial charge in [0, 0.05) is 12.8 Å². The van der Waals surface area contributed by atoms with E-state index in [0.29, 0.717) is 6.42 Å². The maximum absolute atomic E-state index is 13.4. The van der Waals surface area contributed by atoms with Crippen LogP contribution in [0.5, 0.6) is 0 Å². The van der Waals surface area contributed by atoms with Gasteiger partial charge in [-0.2, -0.15) is 0 Å². The lowest BCUT2D eigenvalue weighted by Crippen LogP contribution is -2.62. The number of amides is 8. The molecule has 0 aromatic rings. The molecule has 0 saturated carbocycles. The molecule has 0 aliphatic rings. The Morgan fingerprint density at radius 1 is 0.642 bits per heavy atom. The van der Waals surface area contributed by atoms with Crippen LogP contribution < -0.4 is 48.7 Å². The zero-order valence-corrected chi connectivity index (χ0v) is 29.8. The Bertz CT molecular complexity index is 1350. The number of carbonyl (C=O) groups excluding carboxylic acids is 8.